The number of carbonyl (C=O) groups is 1. The van der Waals surface area contributed by atoms with Crippen molar-refractivity contribution in [2.45, 2.75) is 31.7 Å². The summed E-state index contributed by atoms with van der Waals surface area (Å²) in [6, 6.07) is 2.08. The van der Waals surface area contributed by atoms with Crippen molar-refractivity contribution in [2.24, 2.45) is 0 Å². The average Bonchev–Trinajstić information content (AvgIpc) is 3.22. The monoisotopic (exact) mass is 246 g/mol. The highest BCUT2D eigenvalue weighted by Gasteiger charge is 2.28. The van der Waals surface area contributed by atoms with Gasteiger partial charge >= 0.3 is 0 Å². The summed E-state index contributed by atoms with van der Waals surface area (Å²) in [5.74, 6) is 1.36. The van der Waals surface area contributed by atoms with Crippen molar-refractivity contribution in [3.63, 3.8) is 0 Å². The minimum Gasteiger partial charge on any atom is -0.334 e. The third-order valence-electron chi connectivity index (χ3n) is 3.49. The van der Waals surface area contributed by atoms with Gasteiger partial charge in [-0.05, 0) is 25.8 Å². The Hall–Kier alpha value is -1.49. The second kappa shape index (κ2) is 4.65. The fourth-order valence-corrected chi connectivity index (χ4v) is 2.31. The van der Waals surface area contributed by atoms with Gasteiger partial charge in [-0.3, -0.25) is 4.79 Å². The molecule has 3 rings (SSSR count). The van der Waals surface area contributed by atoms with Crippen LogP contribution in [0.4, 0.5) is 0 Å². The molecule has 1 amide bonds. The smallest absolute Gasteiger partial charge is 0.272 e. The van der Waals surface area contributed by atoms with Crippen LogP contribution in [0, 0.1) is 0 Å². The molecule has 1 saturated carbocycles. The maximum atomic E-state index is 12.3. The van der Waals surface area contributed by atoms with Crippen molar-refractivity contribution in [1.29, 1.82) is 0 Å². The lowest BCUT2D eigenvalue weighted by Crippen LogP contribution is -2.51. The summed E-state index contributed by atoms with van der Waals surface area (Å²) in [6.07, 6.45) is 4.02. The Morgan fingerprint density at radius 1 is 1.50 bits per heavy atom. The predicted molar refractivity (Wildman–Crippen MR) is 67.4 cm³/mol. The number of hydrogen-bond acceptors (Lipinski definition) is 4. The first-order valence-corrected chi connectivity index (χ1v) is 6.59. The highest BCUT2D eigenvalue weighted by molar-refractivity contribution is 5.92. The van der Waals surface area contributed by atoms with Crippen LogP contribution in [0.3, 0.4) is 0 Å². The molecule has 1 N–H and O–H groups in total. The van der Waals surface area contributed by atoms with Gasteiger partial charge in [0.2, 0.25) is 0 Å². The summed E-state index contributed by atoms with van der Waals surface area (Å²) in [4.78, 5) is 22.9. The Balaban J connectivity index is 1.76. The molecule has 0 aromatic carbocycles. The van der Waals surface area contributed by atoms with Crippen LogP contribution in [0.2, 0.25) is 0 Å². The van der Waals surface area contributed by atoms with Gasteiger partial charge in [0.15, 0.2) is 0 Å². The van der Waals surface area contributed by atoms with Crippen LogP contribution >= 0.6 is 0 Å². The zero-order valence-electron chi connectivity index (χ0n) is 10.6. The Bertz CT molecular complexity index is 458. The molecule has 1 aliphatic heterocycles. The lowest BCUT2D eigenvalue weighted by molar-refractivity contribution is 0.0702. The number of nitrogens with zero attached hydrogens (tertiary/aromatic N) is 3. The molecule has 1 aliphatic carbocycles. The molecule has 1 unspecified atom stereocenters. The van der Waals surface area contributed by atoms with Crippen LogP contribution in [-0.4, -0.2) is 46.5 Å². The molecule has 1 aromatic rings. The topological polar surface area (TPSA) is 58.1 Å². The van der Waals surface area contributed by atoms with Gasteiger partial charge in [-0.25, -0.2) is 9.97 Å². The zero-order chi connectivity index (χ0) is 12.5. The minimum atomic E-state index is 0.0349. The molecule has 1 saturated heterocycles. The number of rotatable bonds is 2. The number of carbonyl (C=O) groups excluding carboxylic acids is 1. The van der Waals surface area contributed by atoms with E-state index in [0.29, 0.717) is 17.7 Å². The average molecular weight is 246 g/mol. The van der Waals surface area contributed by atoms with E-state index in [-0.39, 0.29) is 5.91 Å². The summed E-state index contributed by atoms with van der Waals surface area (Å²) in [5.41, 5.74) is 0.543. The van der Waals surface area contributed by atoms with E-state index in [9.17, 15) is 4.79 Å². The molecule has 1 aromatic heterocycles. The van der Waals surface area contributed by atoms with Crippen LogP contribution in [0.5, 0.6) is 0 Å². The number of piperazine rings is 1. The maximum absolute atomic E-state index is 12.3. The second-order valence-electron chi connectivity index (χ2n) is 5.18. The summed E-state index contributed by atoms with van der Waals surface area (Å²) >= 11 is 0. The van der Waals surface area contributed by atoms with E-state index in [2.05, 4.69) is 22.2 Å². The quantitative estimate of drug-likeness (QED) is 0.838. The van der Waals surface area contributed by atoms with E-state index < -0.39 is 0 Å². The molecule has 1 atom stereocenters. The Kier molecular flexibility index (Phi) is 2.99. The zero-order valence-corrected chi connectivity index (χ0v) is 10.6. The van der Waals surface area contributed by atoms with Crippen molar-refractivity contribution in [2.75, 3.05) is 19.6 Å². The van der Waals surface area contributed by atoms with E-state index in [4.69, 9.17) is 0 Å². The van der Waals surface area contributed by atoms with Gasteiger partial charge in [-0.15, -0.1) is 0 Å². The van der Waals surface area contributed by atoms with Gasteiger partial charge < -0.3 is 10.2 Å². The predicted octanol–water partition coefficient (Wildman–Crippen LogP) is 0.788. The fourth-order valence-electron chi connectivity index (χ4n) is 2.31. The summed E-state index contributed by atoms with van der Waals surface area (Å²) in [7, 11) is 0. The molecule has 5 nitrogen and oxygen atoms in total. The molecular weight excluding hydrogens is 228 g/mol. The number of aromatic nitrogens is 2. The van der Waals surface area contributed by atoms with Crippen LogP contribution in [-0.2, 0) is 0 Å². The first-order valence-electron chi connectivity index (χ1n) is 6.59. The number of amides is 1. The first kappa shape index (κ1) is 11.6. The molecule has 2 aliphatic rings. The highest BCUT2D eigenvalue weighted by atomic mass is 16.2. The van der Waals surface area contributed by atoms with Gasteiger partial charge in [-0.1, -0.05) is 0 Å². The third-order valence-corrected chi connectivity index (χ3v) is 3.49. The Labute approximate surface area is 107 Å². The maximum Gasteiger partial charge on any atom is 0.272 e. The van der Waals surface area contributed by atoms with Gasteiger partial charge in [0.1, 0.15) is 11.5 Å². The molecule has 5 heteroatoms. The van der Waals surface area contributed by atoms with E-state index in [1.165, 1.54) is 0 Å². The molecule has 0 bridgehead atoms. The standard InChI is InChI=1S/C13H18N4O/c1-9-8-17(7-6-14-9)13(18)11-4-5-15-12(16-11)10-2-3-10/h4-5,9-10,14H,2-3,6-8H2,1H3. The minimum absolute atomic E-state index is 0.0349. The number of nitrogens with one attached hydrogen (secondary N) is 1. The van der Waals surface area contributed by atoms with Gasteiger partial charge in [0.25, 0.3) is 5.91 Å². The van der Waals surface area contributed by atoms with Gasteiger partial charge in [0.05, 0.1) is 0 Å². The molecule has 0 spiro atoms. The van der Waals surface area contributed by atoms with E-state index in [0.717, 1.165) is 38.3 Å². The van der Waals surface area contributed by atoms with Gasteiger partial charge in [0, 0.05) is 37.8 Å². The van der Waals surface area contributed by atoms with E-state index in [1.807, 2.05) is 4.90 Å². The van der Waals surface area contributed by atoms with Crippen LogP contribution in [0.1, 0.15) is 42.0 Å². The SMILES string of the molecule is CC1CN(C(=O)c2ccnc(C3CC3)n2)CCN1. The van der Waals surface area contributed by atoms with Crippen molar-refractivity contribution in [1.82, 2.24) is 20.2 Å². The van der Waals surface area contributed by atoms with Gasteiger partial charge in [-0.2, -0.15) is 0 Å². The summed E-state index contributed by atoms with van der Waals surface area (Å²) in [5, 5.41) is 3.33. The van der Waals surface area contributed by atoms with Crippen molar-refractivity contribution in [3.05, 3.63) is 23.8 Å². The number of hydrogen-bond donors (Lipinski definition) is 1. The largest absolute Gasteiger partial charge is 0.334 e. The summed E-state index contributed by atoms with van der Waals surface area (Å²) in [6.45, 7) is 4.45. The fraction of sp³-hybridized carbons (Fsp3) is 0.615. The normalized spacial score (nSPS) is 24.1. The molecule has 96 valence electrons. The molecule has 2 heterocycles. The van der Waals surface area contributed by atoms with E-state index in [1.54, 1.807) is 12.3 Å². The molecule has 18 heavy (non-hydrogen) atoms. The first-order chi connectivity index (χ1) is 8.74. The Morgan fingerprint density at radius 3 is 3.06 bits per heavy atom. The summed E-state index contributed by atoms with van der Waals surface area (Å²) < 4.78 is 0. The Morgan fingerprint density at radius 2 is 2.33 bits per heavy atom. The van der Waals surface area contributed by atoms with Crippen LogP contribution < -0.4 is 5.32 Å². The van der Waals surface area contributed by atoms with Crippen LogP contribution in [0.15, 0.2) is 12.3 Å². The molecular formula is C13H18N4O. The highest BCUT2D eigenvalue weighted by Crippen LogP contribution is 2.37. The van der Waals surface area contributed by atoms with Crippen molar-refractivity contribution in [3.8, 4) is 0 Å². The second-order valence-corrected chi connectivity index (χ2v) is 5.18. The van der Waals surface area contributed by atoms with E-state index >= 15 is 0 Å². The third kappa shape index (κ3) is 2.36. The molecule has 0 radical (unpaired) electrons. The lowest BCUT2D eigenvalue weighted by Gasteiger charge is -2.31. The molecule has 2 fully saturated rings. The van der Waals surface area contributed by atoms with Crippen molar-refractivity contribution >= 4 is 5.91 Å². The lowest BCUT2D eigenvalue weighted by atomic mass is 10.2. The van der Waals surface area contributed by atoms with Crippen LogP contribution in [0.25, 0.3) is 0 Å². The van der Waals surface area contributed by atoms with Crippen molar-refractivity contribution < 1.29 is 4.79 Å².